The molecular weight excluding hydrogens is 717 g/mol. The van der Waals surface area contributed by atoms with E-state index in [-0.39, 0.29) is 12.3 Å². The predicted molar refractivity (Wildman–Crippen MR) is 241 cm³/mol. The Morgan fingerprint density at radius 1 is 0.500 bits per heavy atom. The lowest BCUT2D eigenvalue weighted by Gasteiger charge is -2.21. The number of aryl methyl sites for hydroxylation is 2. The van der Waals surface area contributed by atoms with E-state index in [1.807, 2.05) is 0 Å². The fourth-order valence-corrected chi connectivity index (χ4v) is 7.07. The van der Waals surface area contributed by atoms with Crippen LogP contribution in [0.25, 0.3) is 34.4 Å². The third kappa shape index (κ3) is 17.8. The van der Waals surface area contributed by atoms with Crippen LogP contribution in [0, 0.1) is 0 Å². The average Bonchev–Trinajstić information content (AvgIpc) is 3.16. The normalized spacial score (nSPS) is 11.2. The van der Waals surface area contributed by atoms with Crippen molar-refractivity contribution >= 4 is 22.6 Å². The van der Waals surface area contributed by atoms with Gasteiger partial charge in [0.1, 0.15) is 11.5 Å². The van der Waals surface area contributed by atoms with Crippen molar-refractivity contribution in [3.8, 4) is 33.8 Å². The average molecular weight is 787 g/mol. The highest BCUT2D eigenvalue weighted by Gasteiger charge is 2.20. The maximum absolute atomic E-state index is 8.74. The monoisotopic (exact) mass is 787 g/mol. The summed E-state index contributed by atoms with van der Waals surface area (Å²) in [7, 11) is -4.67. The van der Waals surface area contributed by atoms with Crippen LogP contribution in [0.3, 0.4) is 0 Å². The first-order valence-corrected chi connectivity index (χ1v) is 21.7. The third-order valence-corrected chi connectivity index (χ3v) is 9.71. The molecule has 0 aliphatic carbocycles. The predicted octanol–water partition coefficient (Wildman–Crippen LogP) is 15.1. The van der Waals surface area contributed by atoms with Crippen LogP contribution in [0.15, 0.2) is 97.1 Å². The molecule has 8 heteroatoms. The lowest BCUT2D eigenvalue weighted by Crippen LogP contribution is -2.00. The Kier molecular flexibility index (Phi) is 25.3. The van der Waals surface area contributed by atoms with Crippen molar-refractivity contribution in [2.75, 3.05) is 0 Å². The number of rotatable bonds is 22. The van der Waals surface area contributed by atoms with Crippen LogP contribution in [-0.2, 0) is 23.2 Å². The quantitative estimate of drug-likeness (QED) is 0.0457. The van der Waals surface area contributed by atoms with E-state index in [9.17, 15) is 0 Å². The topological polar surface area (TPSA) is 154 Å². The molecule has 308 valence electrons. The fraction of sp³-hybridized carbons (Fsp3) is 0.417. The summed E-state index contributed by atoms with van der Waals surface area (Å²) in [4.78, 5) is 0. The molecule has 4 rings (SSSR count). The van der Waals surface area contributed by atoms with Gasteiger partial charge in [0.15, 0.2) is 0 Å². The molecule has 0 radical (unpaired) electrons. The minimum absolute atomic E-state index is 0. The van der Waals surface area contributed by atoms with Gasteiger partial charge in [-0.1, -0.05) is 188 Å². The Hall–Kier alpha value is -4.05. The van der Waals surface area contributed by atoms with E-state index in [1.54, 1.807) is 0 Å². The Morgan fingerprint density at radius 2 is 0.821 bits per heavy atom. The Morgan fingerprint density at radius 3 is 1.14 bits per heavy atom. The van der Waals surface area contributed by atoms with Crippen LogP contribution in [0.2, 0.25) is 0 Å². The molecule has 0 amide bonds. The van der Waals surface area contributed by atoms with E-state index in [1.165, 1.54) is 134 Å². The number of hydrogen-bond acceptors (Lipinski definition) is 5. The maximum Gasteiger partial charge on any atom is 0.394 e. The van der Waals surface area contributed by atoms with Gasteiger partial charge in [0.25, 0.3) is 0 Å². The Bertz CT molecular complexity index is 1700. The molecule has 8 N–H and O–H groups in total. The van der Waals surface area contributed by atoms with E-state index < -0.39 is 10.4 Å². The van der Waals surface area contributed by atoms with Crippen LogP contribution in [0.5, 0.6) is 11.5 Å². The number of allylic oxidation sites excluding steroid dienone is 2. The van der Waals surface area contributed by atoms with E-state index >= 15 is 0 Å². The van der Waals surface area contributed by atoms with Gasteiger partial charge in [0, 0.05) is 11.1 Å². The van der Waals surface area contributed by atoms with Gasteiger partial charge in [0.05, 0.1) is 0 Å². The van der Waals surface area contributed by atoms with Gasteiger partial charge in [-0.2, -0.15) is 8.42 Å². The van der Waals surface area contributed by atoms with Gasteiger partial charge < -0.3 is 17.0 Å². The van der Waals surface area contributed by atoms with Crippen molar-refractivity contribution < 1.29 is 22.3 Å². The standard InChI is InChI=1S/C48H62O.2H3N.H2O4S/c1-5-9-11-13-15-17-21-29-39-35-37-45(47(43(39)27-7-3)41-31-23-19-24-32-41)49-46-38-36-40(30-22-18-16-14-12-10-6-2)44(28-8-4)48(46)42-33-25-20-26-34-42;;;1-5(2,3)4/h7-8,19-20,23-28,31-38H,5-6,9-18,21-22,29-30H2,1-4H3;2*1H3;(H2,1,2,3,4). The molecule has 0 heterocycles. The highest BCUT2D eigenvalue weighted by molar-refractivity contribution is 7.79. The molecule has 0 atom stereocenters. The smallest absolute Gasteiger partial charge is 0.394 e. The van der Waals surface area contributed by atoms with Crippen molar-refractivity contribution in [3.05, 3.63) is 119 Å². The second kappa shape index (κ2) is 28.4. The summed E-state index contributed by atoms with van der Waals surface area (Å²) >= 11 is 0. The molecule has 0 unspecified atom stereocenters. The van der Waals surface area contributed by atoms with Crippen LogP contribution < -0.4 is 17.0 Å². The maximum atomic E-state index is 8.74. The lowest BCUT2D eigenvalue weighted by molar-refractivity contribution is 0.381. The summed E-state index contributed by atoms with van der Waals surface area (Å²) in [5.41, 5.74) is 10.1. The minimum atomic E-state index is -4.67. The summed E-state index contributed by atoms with van der Waals surface area (Å²) in [6, 6.07) is 30.7. The summed E-state index contributed by atoms with van der Waals surface area (Å²) < 4.78 is 38.7. The SMILES string of the molecule is CC=Cc1c(CCCCCCCCC)ccc(Oc2ccc(CCCCCCCCC)c(C=CC)c2-c2ccccc2)c1-c1ccccc1.N.N.O=S(=O)(O)O. The van der Waals surface area contributed by atoms with E-state index in [0.29, 0.717) is 0 Å². The van der Waals surface area contributed by atoms with E-state index in [4.69, 9.17) is 22.3 Å². The first-order chi connectivity index (χ1) is 26.2. The number of hydrogen-bond donors (Lipinski definition) is 4. The molecular formula is C48H70N2O5S. The molecule has 0 aliphatic heterocycles. The van der Waals surface area contributed by atoms with Crippen LogP contribution in [0.4, 0.5) is 0 Å². The van der Waals surface area contributed by atoms with E-state index in [2.05, 4.69) is 137 Å². The van der Waals surface area contributed by atoms with Crippen molar-refractivity contribution in [1.82, 2.24) is 12.3 Å². The fourth-order valence-electron chi connectivity index (χ4n) is 7.07. The van der Waals surface area contributed by atoms with Gasteiger partial charge in [-0.25, -0.2) is 0 Å². The molecule has 4 aromatic carbocycles. The summed E-state index contributed by atoms with van der Waals surface area (Å²) in [5.74, 6) is 1.82. The van der Waals surface area contributed by atoms with Gasteiger partial charge in [-0.15, -0.1) is 0 Å². The molecule has 4 aromatic rings. The molecule has 0 bridgehead atoms. The molecule has 56 heavy (non-hydrogen) atoms. The molecule has 0 spiro atoms. The molecule has 0 saturated carbocycles. The highest BCUT2D eigenvalue weighted by atomic mass is 32.3. The van der Waals surface area contributed by atoms with Gasteiger partial charge in [0.2, 0.25) is 0 Å². The molecule has 0 fully saturated rings. The largest absolute Gasteiger partial charge is 0.456 e. The zero-order valence-electron chi connectivity index (χ0n) is 34.6. The molecule has 0 aliphatic rings. The number of ether oxygens (including phenoxy) is 1. The minimum Gasteiger partial charge on any atom is -0.456 e. The van der Waals surface area contributed by atoms with Crippen LogP contribution in [0.1, 0.15) is 140 Å². The molecule has 0 aromatic heterocycles. The van der Waals surface area contributed by atoms with Crippen molar-refractivity contribution in [2.24, 2.45) is 0 Å². The zero-order valence-corrected chi connectivity index (χ0v) is 35.5. The Balaban J connectivity index is 0.00000210. The summed E-state index contributed by atoms with van der Waals surface area (Å²) in [6.45, 7) is 8.83. The molecule has 7 nitrogen and oxygen atoms in total. The summed E-state index contributed by atoms with van der Waals surface area (Å²) in [5, 5.41) is 0. The lowest BCUT2D eigenvalue weighted by atomic mass is 9.90. The van der Waals surface area contributed by atoms with Gasteiger partial charge in [-0.3, -0.25) is 9.11 Å². The second-order valence-electron chi connectivity index (χ2n) is 14.0. The van der Waals surface area contributed by atoms with Gasteiger partial charge >= 0.3 is 10.4 Å². The molecule has 0 saturated heterocycles. The number of unbranched alkanes of at least 4 members (excludes halogenated alkanes) is 12. The van der Waals surface area contributed by atoms with Crippen molar-refractivity contribution in [2.45, 2.75) is 130 Å². The van der Waals surface area contributed by atoms with Crippen molar-refractivity contribution in [1.29, 1.82) is 0 Å². The Labute approximate surface area is 339 Å². The summed E-state index contributed by atoms with van der Waals surface area (Å²) in [6.07, 6.45) is 29.6. The van der Waals surface area contributed by atoms with E-state index in [0.717, 1.165) is 24.3 Å². The van der Waals surface area contributed by atoms with Crippen LogP contribution >= 0.6 is 0 Å². The third-order valence-electron chi connectivity index (χ3n) is 9.71. The zero-order chi connectivity index (χ0) is 39.0. The first kappa shape index (κ1) is 50.0. The van der Waals surface area contributed by atoms with Gasteiger partial charge in [-0.05, 0) is 85.0 Å². The highest BCUT2D eigenvalue weighted by Crippen LogP contribution is 2.44. The van der Waals surface area contributed by atoms with Crippen molar-refractivity contribution in [3.63, 3.8) is 0 Å². The number of benzene rings is 4. The second-order valence-corrected chi connectivity index (χ2v) is 14.9. The van der Waals surface area contributed by atoms with Crippen LogP contribution in [-0.4, -0.2) is 17.5 Å². The first-order valence-electron chi connectivity index (χ1n) is 20.3.